The van der Waals surface area contributed by atoms with Gasteiger partial charge >= 0.3 is 0 Å². The first-order valence-electron chi connectivity index (χ1n) is 7.96. The van der Waals surface area contributed by atoms with Gasteiger partial charge in [0.25, 0.3) is 5.91 Å². The fourth-order valence-electron chi connectivity index (χ4n) is 2.82. The molecule has 2 rings (SSSR count). The summed E-state index contributed by atoms with van der Waals surface area (Å²) >= 11 is 0. The van der Waals surface area contributed by atoms with Crippen LogP contribution in [0.25, 0.3) is 0 Å². The fraction of sp³-hybridized carbons (Fsp3) is 0.444. The Kier molecular flexibility index (Phi) is 5.42. The molecule has 0 fully saturated rings. The van der Waals surface area contributed by atoms with E-state index in [0.29, 0.717) is 12.3 Å². The van der Waals surface area contributed by atoms with Gasteiger partial charge in [0.15, 0.2) is 11.5 Å². The predicted octanol–water partition coefficient (Wildman–Crippen LogP) is 3.17. The number of aliphatic hydroxyl groups excluding tert-OH is 1. The zero-order valence-corrected chi connectivity index (χ0v) is 13.8. The minimum absolute atomic E-state index is 0.198. The van der Waals surface area contributed by atoms with Gasteiger partial charge in [0.2, 0.25) is 0 Å². The largest absolute Gasteiger partial charge is 0.503 e. The molecule has 1 atom stereocenters. The monoisotopic (exact) mass is 317 g/mol. The van der Waals surface area contributed by atoms with Gasteiger partial charge in [0.05, 0.1) is 18.7 Å². The molecule has 0 saturated carbocycles. The van der Waals surface area contributed by atoms with Crippen LogP contribution >= 0.6 is 0 Å². The van der Waals surface area contributed by atoms with E-state index < -0.39 is 17.7 Å². The number of unbranched alkanes of at least 4 members (excludes halogenated alkanes) is 1. The Labute approximate surface area is 136 Å². The van der Waals surface area contributed by atoms with Crippen LogP contribution in [0.1, 0.15) is 44.7 Å². The Morgan fingerprint density at radius 2 is 1.91 bits per heavy atom. The Balaban J connectivity index is 2.45. The van der Waals surface area contributed by atoms with Gasteiger partial charge in [-0.05, 0) is 24.1 Å². The summed E-state index contributed by atoms with van der Waals surface area (Å²) in [6.07, 6.45) is 2.00. The molecule has 1 aromatic carbocycles. The number of benzene rings is 1. The standard InChI is InChI=1S/C18H23NO4/c1-4-6-11-19-16(12-7-9-13(23-3)10-8-12)15(14(20)5-2)17(21)18(19)22/h7-10,16,21H,4-6,11H2,1-3H3. The van der Waals surface area contributed by atoms with Gasteiger partial charge in [-0.3, -0.25) is 9.59 Å². The smallest absolute Gasteiger partial charge is 0.290 e. The van der Waals surface area contributed by atoms with E-state index in [2.05, 4.69) is 0 Å². The van der Waals surface area contributed by atoms with Crippen LogP contribution in [0.4, 0.5) is 0 Å². The second kappa shape index (κ2) is 7.31. The van der Waals surface area contributed by atoms with Crippen molar-refractivity contribution in [1.82, 2.24) is 4.90 Å². The van der Waals surface area contributed by atoms with Crippen LogP contribution in [0.15, 0.2) is 35.6 Å². The molecule has 1 unspecified atom stereocenters. The van der Waals surface area contributed by atoms with Crippen LogP contribution in [0.3, 0.4) is 0 Å². The third kappa shape index (κ3) is 3.23. The van der Waals surface area contributed by atoms with Gasteiger partial charge in [-0.15, -0.1) is 0 Å². The predicted molar refractivity (Wildman–Crippen MR) is 87.3 cm³/mol. The van der Waals surface area contributed by atoms with Gasteiger partial charge in [0, 0.05) is 13.0 Å². The summed E-state index contributed by atoms with van der Waals surface area (Å²) in [6.45, 7) is 4.28. The second-order valence-electron chi connectivity index (χ2n) is 5.57. The maximum atomic E-state index is 12.4. The summed E-state index contributed by atoms with van der Waals surface area (Å²) in [5.41, 5.74) is 1.01. The van der Waals surface area contributed by atoms with E-state index in [-0.39, 0.29) is 17.8 Å². The second-order valence-corrected chi connectivity index (χ2v) is 5.57. The van der Waals surface area contributed by atoms with Gasteiger partial charge in [0.1, 0.15) is 5.75 Å². The summed E-state index contributed by atoms with van der Waals surface area (Å²) in [5.74, 6) is -0.366. The van der Waals surface area contributed by atoms with Crippen LogP contribution in [0, 0.1) is 0 Å². The van der Waals surface area contributed by atoms with Crippen LogP contribution in [0.2, 0.25) is 0 Å². The molecular formula is C18H23NO4. The normalized spacial score (nSPS) is 17.8. The number of carbonyl (C=O) groups is 2. The number of hydrogen-bond donors (Lipinski definition) is 1. The van der Waals surface area contributed by atoms with Crippen LogP contribution in [-0.2, 0) is 9.59 Å². The van der Waals surface area contributed by atoms with E-state index in [1.54, 1.807) is 31.1 Å². The van der Waals surface area contributed by atoms with Crippen molar-refractivity contribution in [2.75, 3.05) is 13.7 Å². The molecule has 124 valence electrons. The number of carbonyl (C=O) groups excluding carboxylic acids is 2. The third-order valence-corrected chi connectivity index (χ3v) is 4.11. The number of nitrogens with zero attached hydrogens (tertiary/aromatic N) is 1. The number of methoxy groups -OCH3 is 1. The maximum absolute atomic E-state index is 12.4. The lowest BCUT2D eigenvalue weighted by atomic mass is 9.95. The summed E-state index contributed by atoms with van der Waals surface area (Å²) in [7, 11) is 1.58. The quantitative estimate of drug-likeness (QED) is 0.839. The summed E-state index contributed by atoms with van der Waals surface area (Å²) in [5, 5.41) is 10.2. The molecule has 1 aromatic rings. The van der Waals surface area contributed by atoms with Crippen LogP contribution in [0.5, 0.6) is 5.75 Å². The number of hydrogen-bond acceptors (Lipinski definition) is 4. The molecule has 23 heavy (non-hydrogen) atoms. The van der Waals surface area contributed by atoms with Crippen molar-refractivity contribution in [2.24, 2.45) is 0 Å². The minimum atomic E-state index is -0.521. The van der Waals surface area contributed by atoms with E-state index >= 15 is 0 Å². The van der Waals surface area contributed by atoms with E-state index in [0.717, 1.165) is 18.4 Å². The molecule has 0 bridgehead atoms. The van der Waals surface area contributed by atoms with Crippen LogP contribution < -0.4 is 4.74 Å². The molecule has 0 radical (unpaired) electrons. The summed E-state index contributed by atoms with van der Waals surface area (Å²) in [6, 6.07) is 6.73. The first-order valence-corrected chi connectivity index (χ1v) is 7.96. The first kappa shape index (κ1) is 17.1. The van der Waals surface area contributed by atoms with E-state index in [4.69, 9.17) is 4.74 Å². The molecule has 0 saturated heterocycles. The fourth-order valence-corrected chi connectivity index (χ4v) is 2.82. The number of aliphatic hydroxyl groups is 1. The highest BCUT2D eigenvalue weighted by Crippen LogP contribution is 2.38. The molecule has 5 nitrogen and oxygen atoms in total. The number of Topliss-reactive ketones (excluding diaryl/α,β-unsaturated/α-hetero) is 1. The Morgan fingerprint density at radius 1 is 1.26 bits per heavy atom. The molecule has 0 aromatic heterocycles. The van der Waals surface area contributed by atoms with Crippen molar-refractivity contribution < 1.29 is 19.4 Å². The zero-order valence-electron chi connectivity index (χ0n) is 13.8. The Hall–Kier alpha value is -2.30. The van der Waals surface area contributed by atoms with Gasteiger partial charge < -0.3 is 14.7 Å². The highest BCUT2D eigenvalue weighted by molar-refractivity contribution is 6.08. The first-order chi connectivity index (χ1) is 11.0. The average Bonchev–Trinajstić information content (AvgIpc) is 2.83. The van der Waals surface area contributed by atoms with Gasteiger partial charge in [-0.1, -0.05) is 32.4 Å². The lowest BCUT2D eigenvalue weighted by Crippen LogP contribution is -2.32. The van der Waals surface area contributed by atoms with Crippen molar-refractivity contribution in [1.29, 1.82) is 0 Å². The summed E-state index contributed by atoms with van der Waals surface area (Å²) in [4.78, 5) is 26.3. The number of amides is 1. The van der Waals surface area contributed by atoms with Gasteiger partial charge in [-0.25, -0.2) is 0 Å². The molecule has 1 aliphatic heterocycles. The number of ketones is 1. The van der Waals surface area contributed by atoms with Crippen molar-refractivity contribution in [3.63, 3.8) is 0 Å². The molecule has 1 amide bonds. The topological polar surface area (TPSA) is 66.8 Å². The van der Waals surface area contributed by atoms with E-state index in [1.807, 2.05) is 19.1 Å². The molecule has 0 spiro atoms. The molecule has 1 aliphatic rings. The lowest BCUT2D eigenvalue weighted by Gasteiger charge is -2.26. The lowest BCUT2D eigenvalue weighted by molar-refractivity contribution is -0.129. The molecular weight excluding hydrogens is 294 g/mol. The molecule has 5 heteroatoms. The van der Waals surface area contributed by atoms with Gasteiger partial charge in [-0.2, -0.15) is 0 Å². The molecule has 0 aliphatic carbocycles. The summed E-state index contributed by atoms with van der Waals surface area (Å²) < 4.78 is 5.15. The van der Waals surface area contributed by atoms with E-state index in [9.17, 15) is 14.7 Å². The third-order valence-electron chi connectivity index (χ3n) is 4.11. The van der Waals surface area contributed by atoms with Crippen molar-refractivity contribution in [3.8, 4) is 5.75 Å². The average molecular weight is 317 g/mol. The zero-order chi connectivity index (χ0) is 17.0. The minimum Gasteiger partial charge on any atom is -0.503 e. The maximum Gasteiger partial charge on any atom is 0.290 e. The van der Waals surface area contributed by atoms with Crippen molar-refractivity contribution in [2.45, 2.75) is 39.2 Å². The highest BCUT2D eigenvalue weighted by atomic mass is 16.5. The molecule has 1 N–H and O–H groups in total. The van der Waals surface area contributed by atoms with Crippen LogP contribution in [-0.4, -0.2) is 35.4 Å². The Morgan fingerprint density at radius 3 is 2.43 bits per heavy atom. The number of rotatable bonds is 7. The van der Waals surface area contributed by atoms with Crippen molar-refractivity contribution in [3.05, 3.63) is 41.2 Å². The highest BCUT2D eigenvalue weighted by Gasteiger charge is 2.42. The molecule has 1 heterocycles. The van der Waals surface area contributed by atoms with E-state index in [1.165, 1.54) is 0 Å². The SMILES string of the molecule is CCCCN1C(=O)C(O)=C(C(=O)CC)C1c1ccc(OC)cc1. The van der Waals surface area contributed by atoms with Crippen molar-refractivity contribution >= 4 is 11.7 Å². The Bertz CT molecular complexity index is 618. The number of ether oxygens (including phenoxy) is 1.